The molecule has 0 spiro atoms. The predicted molar refractivity (Wildman–Crippen MR) is 97.7 cm³/mol. The van der Waals surface area contributed by atoms with Crippen molar-refractivity contribution < 1.29 is 19.1 Å². The number of carbonyl (C=O) groups is 3. The van der Waals surface area contributed by atoms with Crippen molar-refractivity contribution in [2.75, 3.05) is 11.9 Å². The zero-order valence-electron chi connectivity index (χ0n) is 15.2. The molecule has 2 amide bonds. The SMILES string of the molecule is CCOC(=O)c1ccccc1NC(=O)C1(C(=O)NC2CCCCC2)CC1. The summed E-state index contributed by atoms with van der Waals surface area (Å²) < 4.78 is 5.03. The smallest absolute Gasteiger partial charge is 0.340 e. The number of esters is 1. The third-order valence-electron chi connectivity index (χ3n) is 5.23. The maximum Gasteiger partial charge on any atom is 0.340 e. The summed E-state index contributed by atoms with van der Waals surface area (Å²) in [7, 11) is 0. The maximum atomic E-state index is 12.8. The van der Waals surface area contributed by atoms with E-state index in [1.54, 1.807) is 31.2 Å². The Bertz CT molecular complexity index is 691. The van der Waals surface area contributed by atoms with E-state index < -0.39 is 11.4 Å². The molecule has 0 aliphatic heterocycles. The molecular weight excluding hydrogens is 332 g/mol. The van der Waals surface area contributed by atoms with Gasteiger partial charge in [0.25, 0.3) is 0 Å². The first-order chi connectivity index (χ1) is 12.6. The fraction of sp³-hybridized carbons (Fsp3) is 0.550. The van der Waals surface area contributed by atoms with Crippen LogP contribution < -0.4 is 10.6 Å². The standard InChI is InChI=1S/C20H26N2O4/c1-2-26-17(23)15-10-6-7-11-16(15)22-19(25)20(12-13-20)18(24)21-14-8-4-3-5-9-14/h6-7,10-11,14H,2-5,8-9,12-13H2,1H3,(H,21,24)(H,22,25). The lowest BCUT2D eigenvalue weighted by Gasteiger charge is -2.25. The van der Waals surface area contributed by atoms with E-state index in [4.69, 9.17) is 4.74 Å². The zero-order chi connectivity index (χ0) is 18.6. The minimum atomic E-state index is -1.00. The molecule has 2 aliphatic carbocycles. The molecule has 26 heavy (non-hydrogen) atoms. The first-order valence-electron chi connectivity index (χ1n) is 9.45. The Kier molecular flexibility index (Phi) is 5.59. The van der Waals surface area contributed by atoms with Gasteiger partial charge in [-0.2, -0.15) is 0 Å². The average Bonchev–Trinajstić information content (AvgIpc) is 3.45. The van der Waals surface area contributed by atoms with Gasteiger partial charge in [-0.05, 0) is 44.7 Å². The van der Waals surface area contributed by atoms with Crippen molar-refractivity contribution in [1.29, 1.82) is 0 Å². The summed E-state index contributed by atoms with van der Waals surface area (Å²) >= 11 is 0. The van der Waals surface area contributed by atoms with Crippen LogP contribution >= 0.6 is 0 Å². The zero-order valence-corrected chi connectivity index (χ0v) is 15.2. The van der Waals surface area contributed by atoms with Gasteiger partial charge in [-0.25, -0.2) is 4.79 Å². The van der Waals surface area contributed by atoms with Crippen molar-refractivity contribution in [3.05, 3.63) is 29.8 Å². The molecule has 6 heteroatoms. The maximum absolute atomic E-state index is 12.8. The van der Waals surface area contributed by atoms with Crippen molar-refractivity contribution in [3.8, 4) is 0 Å². The van der Waals surface area contributed by atoms with Crippen molar-refractivity contribution in [2.45, 2.75) is 57.9 Å². The molecule has 0 radical (unpaired) electrons. The van der Waals surface area contributed by atoms with Gasteiger partial charge < -0.3 is 15.4 Å². The largest absolute Gasteiger partial charge is 0.462 e. The highest BCUT2D eigenvalue weighted by Crippen LogP contribution is 2.47. The lowest BCUT2D eigenvalue weighted by Crippen LogP contribution is -2.45. The summed E-state index contributed by atoms with van der Waals surface area (Å²) in [6.45, 7) is 1.99. The lowest BCUT2D eigenvalue weighted by atomic mass is 9.94. The first-order valence-corrected chi connectivity index (χ1v) is 9.45. The van der Waals surface area contributed by atoms with Gasteiger partial charge in [0.2, 0.25) is 11.8 Å². The molecule has 0 aromatic heterocycles. The number of anilines is 1. The Hall–Kier alpha value is -2.37. The third kappa shape index (κ3) is 3.89. The minimum absolute atomic E-state index is 0.174. The van der Waals surface area contributed by atoms with Crippen LogP contribution in [0.2, 0.25) is 0 Å². The summed E-state index contributed by atoms with van der Waals surface area (Å²) in [5.41, 5.74) is -0.321. The number of hydrogen-bond acceptors (Lipinski definition) is 4. The number of rotatable bonds is 6. The van der Waals surface area contributed by atoms with Gasteiger partial charge in [0.05, 0.1) is 17.9 Å². The van der Waals surface area contributed by atoms with Gasteiger partial charge in [0.1, 0.15) is 5.41 Å². The second-order valence-electron chi connectivity index (χ2n) is 7.11. The summed E-state index contributed by atoms with van der Waals surface area (Å²) in [5.74, 6) is -1.02. The number of carbonyl (C=O) groups excluding carboxylic acids is 3. The van der Waals surface area contributed by atoms with Crippen LogP contribution in [0.5, 0.6) is 0 Å². The van der Waals surface area contributed by atoms with Crippen LogP contribution in [0.4, 0.5) is 5.69 Å². The quantitative estimate of drug-likeness (QED) is 0.605. The molecule has 0 saturated heterocycles. The monoisotopic (exact) mass is 358 g/mol. The molecule has 2 N–H and O–H groups in total. The fourth-order valence-electron chi connectivity index (χ4n) is 3.47. The number of para-hydroxylation sites is 1. The van der Waals surface area contributed by atoms with E-state index in [1.165, 1.54) is 6.42 Å². The summed E-state index contributed by atoms with van der Waals surface area (Å²) in [5, 5.41) is 5.82. The Morgan fingerprint density at radius 3 is 2.42 bits per heavy atom. The van der Waals surface area contributed by atoms with Crippen LogP contribution in [0.15, 0.2) is 24.3 Å². The lowest BCUT2D eigenvalue weighted by molar-refractivity contribution is -0.135. The van der Waals surface area contributed by atoms with E-state index in [9.17, 15) is 14.4 Å². The predicted octanol–water partition coefficient (Wildman–Crippen LogP) is 3.03. The van der Waals surface area contributed by atoms with Crippen LogP contribution in [0, 0.1) is 5.41 Å². The highest BCUT2D eigenvalue weighted by Gasteiger charge is 2.56. The number of nitrogens with one attached hydrogen (secondary N) is 2. The Balaban J connectivity index is 1.68. The summed E-state index contributed by atoms with van der Waals surface area (Å²) in [4.78, 5) is 37.5. The van der Waals surface area contributed by atoms with E-state index in [1.807, 2.05) is 0 Å². The van der Waals surface area contributed by atoms with Crippen molar-refractivity contribution >= 4 is 23.5 Å². The molecule has 1 aromatic carbocycles. The topological polar surface area (TPSA) is 84.5 Å². The highest BCUT2D eigenvalue weighted by molar-refractivity contribution is 6.14. The van der Waals surface area contributed by atoms with E-state index in [-0.39, 0.29) is 24.5 Å². The van der Waals surface area contributed by atoms with Gasteiger partial charge in [-0.1, -0.05) is 31.4 Å². The third-order valence-corrected chi connectivity index (χ3v) is 5.23. The molecule has 140 valence electrons. The Labute approximate surface area is 153 Å². The highest BCUT2D eigenvalue weighted by atomic mass is 16.5. The van der Waals surface area contributed by atoms with Crippen LogP contribution in [-0.2, 0) is 14.3 Å². The molecule has 2 aliphatic rings. The second kappa shape index (κ2) is 7.89. The van der Waals surface area contributed by atoms with Gasteiger partial charge in [-0.3, -0.25) is 9.59 Å². The normalized spacial score (nSPS) is 18.7. The molecule has 1 aromatic rings. The molecule has 6 nitrogen and oxygen atoms in total. The molecule has 2 fully saturated rings. The number of ether oxygens (including phenoxy) is 1. The summed E-state index contributed by atoms with van der Waals surface area (Å²) in [6.07, 6.45) is 6.50. The molecular formula is C20H26N2O4. The molecule has 0 bridgehead atoms. The van der Waals surface area contributed by atoms with E-state index in [0.717, 1.165) is 25.7 Å². The van der Waals surface area contributed by atoms with Gasteiger partial charge in [-0.15, -0.1) is 0 Å². The number of benzene rings is 1. The average molecular weight is 358 g/mol. The minimum Gasteiger partial charge on any atom is -0.462 e. The molecule has 0 unspecified atom stereocenters. The Morgan fingerprint density at radius 1 is 1.08 bits per heavy atom. The van der Waals surface area contributed by atoms with Crippen LogP contribution in [0.25, 0.3) is 0 Å². The van der Waals surface area contributed by atoms with Crippen LogP contribution in [0.3, 0.4) is 0 Å². The van der Waals surface area contributed by atoms with Crippen molar-refractivity contribution in [1.82, 2.24) is 5.32 Å². The van der Waals surface area contributed by atoms with Crippen LogP contribution in [-0.4, -0.2) is 30.4 Å². The van der Waals surface area contributed by atoms with Crippen molar-refractivity contribution in [3.63, 3.8) is 0 Å². The fourth-order valence-corrected chi connectivity index (χ4v) is 3.47. The van der Waals surface area contributed by atoms with E-state index in [2.05, 4.69) is 10.6 Å². The molecule has 0 heterocycles. The number of hydrogen-bond donors (Lipinski definition) is 2. The van der Waals surface area contributed by atoms with Gasteiger partial charge in [0.15, 0.2) is 0 Å². The van der Waals surface area contributed by atoms with Crippen molar-refractivity contribution in [2.24, 2.45) is 5.41 Å². The second-order valence-corrected chi connectivity index (χ2v) is 7.11. The Morgan fingerprint density at radius 2 is 1.77 bits per heavy atom. The first kappa shape index (κ1) is 18.4. The molecule has 0 atom stereocenters. The molecule has 3 rings (SSSR count). The van der Waals surface area contributed by atoms with Crippen LogP contribution in [0.1, 0.15) is 62.2 Å². The summed E-state index contributed by atoms with van der Waals surface area (Å²) in [6, 6.07) is 6.88. The van der Waals surface area contributed by atoms with E-state index >= 15 is 0 Å². The molecule has 2 saturated carbocycles. The van der Waals surface area contributed by atoms with E-state index in [0.29, 0.717) is 24.1 Å². The van der Waals surface area contributed by atoms with Gasteiger partial charge in [0, 0.05) is 6.04 Å². The number of amides is 2. The van der Waals surface area contributed by atoms with Gasteiger partial charge >= 0.3 is 5.97 Å².